The van der Waals surface area contributed by atoms with Gasteiger partial charge in [-0.1, -0.05) is 0 Å². The minimum Gasteiger partial charge on any atom is -0.392 e. The first-order chi connectivity index (χ1) is 13.5. The number of carbonyl (C=O) groups is 2. The van der Waals surface area contributed by atoms with E-state index in [4.69, 9.17) is 4.74 Å². The van der Waals surface area contributed by atoms with Crippen LogP contribution in [0.1, 0.15) is 51.9 Å². The molecule has 0 aromatic heterocycles. The van der Waals surface area contributed by atoms with E-state index < -0.39 is 6.10 Å². The predicted molar refractivity (Wildman–Crippen MR) is 107 cm³/mol. The van der Waals surface area contributed by atoms with Crippen LogP contribution in [0.2, 0.25) is 0 Å². The summed E-state index contributed by atoms with van der Waals surface area (Å²) in [5.41, 5.74) is -0.306. The fourth-order valence-electron chi connectivity index (χ4n) is 5.05. The van der Waals surface area contributed by atoms with Crippen molar-refractivity contribution < 1.29 is 19.4 Å². The van der Waals surface area contributed by atoms with E-state index in [-0.39, 0.29) is 17.2 Å². The molecule has 0 aromatic rings. The first-order valence-corrected chi connectivity index (χ1v) is 11.1. The van der Waals surface area contributed by atoms with Gasteiger partial charge in [0.05, 0.1) is 25.7 Å². The van der Waals surface area contributed by atoms with E-state index in [1.165, 1.54) is 6.42 Å². The topological polar surface area (TPSA) is 73.3 Å². The summed E-state index contributed by atoms with van der Waals surface area (Å²) in [5.74, 6) is 0.327. The summed E-state index contributed by atoms with van der Waals surface area (Å²) in [6.07, 6.45) is 5.92. The second kappa shape index (κ2) is 10.0. The SMILES string of the molecule is CCOCCC(=O)N1CCC[C@@]2(CN(CC(=O)N3CCCCC3)CC[C@H]2O)C1. The largest absolute Gasteiger partial charge is 0.392 e. The van der Waals surface area contributed by atoms with Gasteiger partial charge in [-0.3, -0.25) is 14.5 Å². The number of ether oxygens (including phenoxy) is 1. The highest BCUT2D eigenvalue weighted by atomic mass is 16.5. The van der Waals surface area contributed by atoms with E-state index in [1.807, 2.05) is 16.7 Å². The normalized spacial score (nSPS) is 29.3. The predicted octanol–water partition coefficient (Wildman–Crippen LogP) is 1.10. The van der Waals surface area contributed by atoms with Crippen LogP contribution < -0.4 is 0 Å². The van der Waals surface area contributed by atoms with Crippen molar-refractivity contribution in [2.75, 3.05) is 59.0 Å². The van der Waals surface area contributed by atoms with Gasteiger partial charge in [0.1, 0.15) is 0 Å². The Morgan fingerprint density at radius 2 is 1.75 bits per heavy atom. The maximum Gasteiger partial charge on any atom is 0.236 e. The van der Waals surface area contributed by atoms with Crippen LogP contribution in [0.4, 0.5) is 0 Å². The average Bonchev–Trinajstić information content (AvgIpc) is 2.72. The molecular formula is C21H37N3O4. The lowest BCUT2D eigenvalue weighted by atomic mass is 9.71. The Labute approximate surface area is 169 Å². The van der Waals surface area contributed by atoms with E-state index in [2.05, 4.69) is 4.90 Å². The van der Waals surface area contributed by atoms with Crippen LogP contribution in [0.15, 0.2) is 0 Å². The first-order valence-electron chi connectivity index (χ1n) is 11.1. The minimum atomic E-state index is -0.406. The van der Waals surface area contributed by atoms with Gasteiger partial charge in [0.15, 0.2) is 0 Å². The summed E-state index contributed by atoms with van der Waals surface area (Å²) in [5, 5.41) is 10.8. The summed E-state index contributed by atoms with van der Waals surface area (Å²) in [4.78, 5) is 31.3. The van der Waals surface area contributed by atoms with E-state index in [0.29, 0.717) is 45.7 Å². The molecule has 7 heteroatoms. The number of aliphatic hydroxyl groups excluding tert-OH is 1. The molecule has 1 spiro atoms. The van der Waals surface area contributed by atoms with E-state index in [1.54, 1.807) is 0 Å². The van der Waals surface area contributed by atoms with Crippen molar-refractivity contribution in [1.82, 2.24) is 14.7 Å². The Morgan fingerprint density at radius 3 is 2.50 bits per heavy atom. The maximum atomic E-state index is 12.7. The summed E-state index contributed by atoms with van der Waals surface area (Å²) in [6, 6.07) is 0. The van der Waals surface area contributed by atoms with Crippen LogP contribution in [-0.2, 0) is 14.3 Å². The minimum absolute atomic E-state index is 0.112. The molecule has 3 heterocycles. The molecule has 0 aliphatic carbocycles. The van der Waals surface area contributed by atoms with Gasteiger partial charge in [-0.2, -0.15) is 0 Å². The van der Waals surface area contributed by atoms with Gasteiger partial charge < -0.3 is 19.6 Å². The molecule has 0 radical (unpaired) electrons. The molecule has 0 bridgehead atoms. The molecule has 2 atom stereocenters. The first kappa shape index (κ1) is 21.5. The summed E-state index contributed by atoms with van der Waals surface area (Å²) >= 11 is 0. The van der Waals surface area contributed by atoms with Crippen molar-refractivity contribution in [3.8, 4) is 0 Å². The van der Waals surface area contributed by atoms with E-state index >= 15 is 0 Å². The summed E-state index contributed by atoms with van der Waals surface area (Å²) < 4.78 is 5.32. The number of nitrogens with zero attached hydrogens (tertiary/aromatic N) is 3. The third kappa shape index (κ3) is 5.24. The molecule has 0 unspecified atom stereocenters. The molecule has 2 amide bonds. The van der Waals surface area contributed by atoms with Gasteiger partial charge in [0, 0.05) is 51.3 Å². The Morgan fingerprint density at radius 1 is 1.00 bits per heavy atom. The van der Waals surface area contributed by atoms with Crippen LogP contribution in [-0.4, -0.2) is 96.8 Å². The Hall–Kier alpha value is -1.18. The van der Waals surface area contributed by atoms with Crippen molar-refractivity contribution in [2.24, 2.45) is 5.41 Å². The number of aliphatic hydroxyl groups is 1. The molecule has 0 saturated carbocycles. The monoisotopic (exact) mass is 395 g/mol. The molecule has 3 fully saturated rings. The Kier molecular flexibility index (Phi) is 7.71. The van der Waals surface area contributed by atoms with Crippen molar-refractivity contribution in [3.63, 3.8) is 0 Å². The zero-order valence-electron chi connectivity index (χ0n) is 17.4. The van der Waals surface area contributed by atoms with E-state index in [0.717, 1.165) is 51.9 Å². The molecule has 28 heavy (non-hydrogen) atoms. The van der Waals surface area contributed by atoms with Crippen LogP contribution in [0.5, 0.6) is 0 Å². The number of rotatable bonds is 6. The molecular weight excluding hydrogens is 358 g/mol. The van der Waals surface area contributed by atoms with Gasteiger partial charge in [0.25, 0.3) is 0 Å². The Bertz CT molecular complexity index is 538. The number of piperidine rings is 3. The van der Waals surface area contributed by atoms with Gasteiger partial charge in [-0.25, -0.2) is 0 Å². The standard InChI is InChI=1S/C21H37N3O4/c1-2-28-14-8-19(26)24-12-6-9-21(17-24)16-22(13-7-18(21)25)15-20(27)23-10-4-3-5-11-23/h18,25H,2-17H2,1H3/t18-,21-/m1/s1. The maximum absolute atomic E-state index is 12.7. The van der Waals surface area contributed by atoms with Gasteiger partial charge in [-0.15, -0.1) is 0 Å². The summed E-state index contributed by atoms with van der Waals surface area (Å²) in [7, 11) is 0. The van der Waals surface area contributed by atoms with Crippen LogP contribution in [0, 0.1) is 5.41 Å². The fourth-order valence-corrected chi connectivity index (χ4v) is 5.05. The quantitative estimate of drug-likeness (QED) is 0.682. The second-order valence-corrected chi connectivity index (χ2v) is 8.68. The lowest BCUT2D eigenvalue weighted by molar-refractivity contribution is -0.145. The molecule has 0 aromatic carbocycles. The summed E-state index contributed by atoms with van der Waals surface area (Å²) in [6.45, 7) is 7.99. The van der Waals surface area contributed by atoms with Crippen molar-refractivity contribution >= 4 is 11.8 Å². The molecule has 3 aliphatic heterocycles. The number of hydrogen-bond donors (Lipinski definition) is 1. The third-order valence-electron chi connectivity index (χ3n) is 6.66. The number of amides is 2. The number of hydrogen-bond acceptors (Lipinski definition) is 5. The van der Waals surface area contributed by atoms with Crippen LogP contribution in [0.25, 0.3) is 0 Å². The highest BCUT2D eigenvalue weighted by Gasteiger charge is 2.46. The van der Waals surface area contributed by atoms with E-state index in [9.17, 15) is 14.7 Å². The second-order valence-electron chi connectivity index (χ2n) is 8.68. The lowest BCUT2D eigenvalue weighted by Gasteiger charge is -2.51. The third-order valence-corrected chi connectivity index (χ3v) is 6.66. The highest BCUT2D eigenvalue weighted by molar-refractivity contribution is 5.78. The van der Waals surface area contributed by atoms with Crippen molar-refractivity contribution in [3.05, 3.63) is 0 Å². The lowest BCUT2D eigenvalue weighted by Crippen LogP contribution is -2.60. The van der Waals surface area contributed by atoms with Gasteiger partial charge in [-0.05, 0) is 45.4 Å². The van der Waals surface area contributed by atoms with Crippen LogP contribution >= 0.6 is 0 Å². The highest BCUT2D eigenvalue weighted by Crippen LogP contribution is 2.39. The molecule has 3 saturated heterocycles. The molecule has 160 valence electrons. The fraction of sp³-hybridized carbons (Fsp3) is 0.905. The molecule has 7 nitrogen and oxygen atoms in total. The van der Waals surface area contributed by atoms with Gasteiger partial charge in [0.2, 0.25) is 11.8 Å². The number of likely N-dealkylation sites (tertiary alicyclic amines) is 3. The molecule has 3 aliphatic rings. The zero-order valence-corrected chi connectivity index (χ0v) is 17.4. The van der Waals surface area contributed by atoms with Crippen LogP contribution in [0.3, 0.4) is 0 Å². The van der Waals surface area contributed by atoms with Gasteiger partial charge >= 0.3 is 0 Å². The zero-order chi connectivity index (χ0) is 20.0. The Balaban J connectivity index is 1.57. The smallest absolute Gasteiger partial charge is 0.236 e. The average molecular weight is 396 g/mol. The van der Waals surface area contributed by atoms with Crippen molar-refractivity contribution in [1.29, 1.82) is 0 Å². The number of carbonyl (C=O) groups excluding carboxylic acids is 2. The molecule has 1 N–H and O–H groups in total. The molecule has 3 rings (SSSR count). The van der Waals surface area contributed by atoms with Crippen molar-refractivity contribution in [2.45, 2.75) is 58.0 Å².